The van der Waals surface area contributed by atoms with Gasteiger partial charge in [-0.15, -0.1) is 0 Å². The van der Waals surface area contributed by atoms with Gasteiger partial charge >= 0.3 is 0 Å². The molecule has 82 valence electrons. The lowest BCUT2D eigenvalue weighted by molar-refractivity contribution is -0.0296. The van der Waals surface area contributed by atoms with Gasteiger partial charge in [0.2, 0.25) is 0 Å². The summed E-state index contributed by atoms with van der Waals surface area (Å²) in [4.78, 5) is 7.19. The molecule has 0 radical (unpaired) electrons. The minimum atomic E-state index is 0.426. The van der Waals surface area contributed by atoms with E-state index < -0.39 is 0 Å². The van der Waals surface area contributed by atoms with E-state index in [1.807, 2.05) is 0 Å². The van der Waals surface area contributed by atoms with Crippen LogP contribution in [0.15, 0.2) is 11.8 Å². The largest absolute Gasteiger partial charge is 0.350 e. The number of nitrogens with zero attached hydrogens (tertiary/aromatic N) is 3. The predicted molar refractivity (Wildman–Crippen MR) is 60.9 cm³/mol. The van der Waals surface area contributed by atoms with Crippen LogP contribution in [0.25, 0.3) is 0 Å². The predicted octanol–water partition coefficient (Wildman–Crippen LogP) is 1.39. The van der Waals surface area contributed by atoms with Crippen molar-refractivity contribution < 1.29 is 0 Å². The first-order chi connectivity index (χ1) is 6.61. The number of rotatable bonds is 3. The Kier molecular flexibility index (Phi) is 3.96. The van der Waals surface area contributed by atoms with Crippen molar-refractivity contribution in [1.29, 1.82) is 0 Å². The van der Waals surface area contributed by atoms with Crippen molar-refractivity contribution >= 4 is 0 Å². The third-order valence-electron chi connectivity index (χ3n) is 3.11. The summed E-state index contributed by atoms with van der Waals surface area (Å²) in [5.41, 5.74) is 1.38. The minimum absolute atomic E-state index is 0.426. The van der Waals surface area contributed by atoms with Gasteiger partial charge in [-0.2, -0.15) is 0 Å². The average molecular weight is 197 g/mol. The van der Waals surface area contributed by atoms with Crippen molar-refractivity contribution in [2.45, 2.75) is 27.1 Å². The second-order valence-corrected chi connectivity index (χ2v) is 3.96. The molecule has 1 rings (SSSR count). The molecule has 0 amide bonds. The van der Waals surface area contributed by atoms with Crippen LogP contribution in [-0.2, 0) is 0 Å². The topological polar surface area (TPSA) is 9.72 Å². The Labute approximate surface area is 88.0 Å². The Hall–Kier alpha value is -0.540. The summed E-state index contributed by atoms with van der Waals surface area (Å²) >= 11 is 0. The smallest absolute Gasteiger partial charge is 0.139 e. The normalized spacial score (nSPS) is 24.3. The molecule has 3 heteroatoms. The van der Waals surface area contributed by atoms with E-state index in [-0.39, 0.29) is 0 Å². The molecule has 14 heavy (non-hydrogen) atoms. The lowest BCUT2D eigenvalue weighted by atomic mass is 10.3. The van der Waals surface area contributed by atoms with E-state index in [1.165, 1.54) is 5.70 Å². The van der Waals surface area contributed by atoms with Gasteiger partial charge in [0.1, 0.15) is 6.29 Å². The standard InChI is InChI=1S/C11H23N3/c1-6-14(7-2)11-12(4)9-8-10(3)13(11)5/h8,11H,6-7,9H2,1-5H3. The summed E-state index contributed by atoms with van der Waals surface area (Å²) < 4.78 is 0. The minimum Gasteiger partial charge on any atom is -0.350 e. The van der Waals surface area contributed by atoms with E-state index in [0.717, 1.165) is 19.6 Å². The molecule has 1 aliphatic rings. The van der Waals surface area contributed by atoms with Crippen LogP contribution >= 0.6 is 0 Å². The maximum Gasteiger partial charge on any atom is 0.139 e. The van der Waals surface area contributed by atoms with E-state index >= 15 is 0 Å². The molecule has 0 spiro atoms. The van der Waals surface area contributed by atoms with Gasteiger partial charge in [0.05, 0.1) is 0 Å². The zero-order valence-electron chi connectivity index (χ0n) is 10.1. The van der Waals surface area contributed by atoms with E-state index in [4.69, 9.17) is 0 Å². The molecule has 0 aromatic carbocycles. The molecule has 0 aromatic rings. The summed E-state index contributed by atoms with van der Waals surface area (Å²) in [5, 5.41) is 0. The van der Waals surface area contributed by atoms with E-state index in [0.29, 0.717) is 6.29 Å². The first-order valence-corrected chi connectivity index (χ1v) is 5.45. The molecular formula is C11H23N3. The molecule has 0 saturated carbocycles. The van der Waals surface area contributed by atoms with Crippen molar-refractivity contribution in [3.05, 3.63) is 11.8 Å². The van der Waals surface area contributed by atoms with Crippen LogP contribution in [0.3, 0.4) is 0 Å². The Morgan fingerprint density at radius 3 is 2.43 bits per heavy atom. The average Bonchev–Trinajstić information content (AvgIpc) is 2.19. The fourth-order valence-electron chi connectivity index (χ4n) is 2.07. The summed E-state index contributed by atoms with van der Waals surface area (Å²) in [6, 6.07) is 0. The zero-order valence-corrected chi connectivity index (χ0v) is 10.1. The van der Waals surface area contributed by atoms with Crippen molar-refractivity contribution in [2.24, 2.45) is 0 Å². The third kappa shape index (κ3) is 2.10. The zero-order chi connectivity index (χ0) is 10.7. The summed E-state index contributed by atoms with van der Waals surface area (Å²) in [6.45, 7) is 9.88. The van der Waals surface area contributed by atoms with Crippen molar-refractivity contribution in [2.75, 3.05) is 33.7 Å². The van der Waals surface area contributed by atoms with Crippen LogP contribution in [0.5, 0.6) is 0 Å². The highest BCUT2D eigenvalue weighted by atomic mass is 15.5. The van der Waals surface area contributed by atoms with Gasteiger partial charge in [-0.1, -0.05) is 19.9 Å². The molecule has 0 aliphatic carbocycles. The van der Waals surface area contributed by atoms with Gasteiger partial charge < -0.3 is 4.90 Å². The van der Waals surface area contributed by atoms with Gasteiger partial charge in [-0.25, -0.2) is 0 Å². The molecule has 1 unspecified atom stereocenters. The molecule has 1 atom stereocenters. The summed E-state index contributed by atoms with van der Waals surface area (Å²) in [6.07, 6.45) is 2.70. The van der Waals surface area contributed by atoms with Crippen LogP contribution in [0, 0.1) is 0 Å². The Morgan fingerprint density at radius 2 is 1.93 bits per heavy atom. The maximum atomic E-state index is 2.47. The van der Waals surface area contributed by atoms with Gasteiger partial charge in [0.25, 0.3) is 0 Å². The van der Waals surface area contributed by atoms with Gasteiger partial charge in [-0.3, -0.25) is 9.80 Å². The number of allylic oxidation sites excluding steroid dienone is 1. The highest BCUT2D eigenvalue weighted by Gasteiger charge is 2.27. The highest BCUT2D eigenvalue weighted by molar-refractivity contribution is 5.03. The molecule has 0 aromatic heterocycles. The molecule has 0 bridgehead atoms. The highest BCUT2D eigenvalue weighted by Crippen LogP contribution is 2.18. The number of likely N-dealkylation sites (N-methyl/N-ethyl adjacent to an activating group) is 1. The number of hydrogen-bond donors (Lipinski definition) is 0. The van der Waals surface area contributed by atoms with Crippen molar-refractivity contribution in [3.8, 4) is 0 Å². The second kappa shape index (κ2) is 4.80. The quantitative estimate of drug-likeness (QED) is 0.677. The molecule has 0 saturated heterocycles. The second-order valence-electron chi connectivity index (χ2n) is 3.96. The monoisotopic (exact) mass is 197 g/mol. The molecule has 0 fully saturated rings. The van der Waals surface area contributed by atoms with Gasteiger partial charge in [0, 0.05) is 19.3 Å². The van der Waals surface area contributed by atoms with Crippen LogP contribution in [-0.4, -0.2) is 54.7 Å². The van der Waals surface area contributed by atoms with Crippen LogP contribution in [0.2, 0.25) is 0 Å². The maximum absolute atomic E-state index is 2.47. The van der Waals surface area contributed by atoms with Crippen LogP contribution in [0.1, 0.15) is 20.8 Å². The summed E-state index contributed by atoms with van der Waals surface area (Å²) in [5.74, 6) is 0. The van der Waals surface area contributed by atoms with Crippen molar-refractivity contribution in [1.82, 2.24) is 14.7 Å². The first-order valence-electron chi connectivity index (χ1n) is 5.45. The van der Waals surface area contributed by atoms with E-state index in [9.17, 15) is 0 Å². The fraction of sp³-hybridized carbons (Fsp3) is 0.818. The lowest BCUT2D eigenvalue weighted by Crippen LogP contribution is -2.57. The molecule has 3 nitrogen and oxygen atoms in total. The van der Waals surface area contributed by atoms with E-state index in [2.05, 4.69) is 55.6 Å². The van der Waals surface area contributed by atoms with E-state index in [1.54, 1.807) is 0 Å². The fourth-order valence-corrected chi connectivity index (χ4v) is 2.07. The third-order valence-corrected chi connectivity index (χ3v) is 3.11. The van der Waals surface area contributed by atoms with Crippen LogP contribution in [0.4, 0.5) is 0 Å². The van der Waals surface area contributed by atoms with Crippen molar-refractivity contribution in [3.63, 3.8) is 0 Å². The molecule has 0 N–H and O–H groups in total. The van der Waals surface area contributed by atoms with Gasteiger partial charge in [0.15, 0.2) is 0 Å². The Balaban J connectivity index is 2.79. The first kappa shape index (κ1) is 11.5. The molecule has 1 aliphatic heterocycles. The number of hydrogen-bond acceptors (Lipinski definition) is 3. The summed E-state index contributed by atoms with van der Waals surface area (Å²) in [7, 11) is 4.35. The van der Waals surface area contributed by atoms with Gasteiger partial charge in [-0.05, 0) is 27.1 Å². The Morgan fingerprint density at radius 1 is 1.36 bits per heavy atom. The Bertz CT molecular complexity index is 209. The molecule has 1 heterocycles. The SMILES string of the molecule is CCN(CC)C1N(C)CC=C(C)N1C. The molecular weight excluding hydrogens is 174 g/mol. The lowest BCUT2D eigenvalue weighted by Gasteiger charge is -2.46. The van der Waals surface area contributed by atoms with Crippen LogP contribution < -0.4 is 0 Å².